The predicted octanol–water partition coefficient (Wildman–Crippen LogP) is 1.98. The number of amides is 1. The van der Waals surface area contributed by atoms with Crippen LogP contribution in [-0.2, 0) is 16.0 Å². The average molecular weight is 356 g/mol. The molecule has 1 aliphatic rings. The first-order valence-electron chi connectivity index (χ1n) is 8.64. The van der Waals surface area contributed by atoms with Crippen molar-refractivity contribution < 1.29 is 14.3 Å². The van der Waals surface area contributed by atoms with Crippen molar-refractivity contribution in [1.82, 2.24) is 14.9 Å². The van der Waals surface area contributed by atoms with E-state index in [9.17, 15) is 4.79 Å². The predicted molar refractivity (Wildman–Crippen MR) is 98.3 cm³/mol. The summed E-state index contributed by atoms with van der Waals surface area (Å²) in [5.41, 5.74) is 2.73. The first kappa shape index (κ1) is 18.1. The van der Waals surface area contributed by atoms with Gasteiger partial charge in [0.2, 0.25) is 5.91 Å². The Labute approximate surface area is 153 Å². The average Bonchev–Trinajstić information content (AvgIpc) is 2.68. The minimum Gasteiger partial charge on any atom is -0.496 e. The molecule has 0 bridgehead atoms. The number of benzene rings is 1. The molecule has 0 aliphatic carbocycles. The van der Waals surface area contributed by atoms with Crippen LogP contribution in [0, 0.1) is 6.92 Å². The van der Waals surface area contributed by atoms with Gasteiger partial charge in [0.1, 0.15) is 23.4 Å². The number of nitrogens with zero attached hydrogens (tertiary/aromatic N) is 3. The molecule has 1 atom stereocenters. The lowest BCUT2D eigenvalue weighted by atomic mass is 10.1. The lowest BCUT2D eigenvalue weighted by molar-refractivity contribution is -0.138. The Bertz CT molecular complexity index is 781. The number of hydrogen-bond donors (Lipinski definition) is 1. The molecule has 2 heterocycles. The fourth-order valence-electron chi connectivity index (χ4n) is 3.14. The molecular formula is C19H24N4O3. The molecule has 0 unspecified atom stereocenters. The van der Waals surface area contributed by atoms with Gasteiger partial charge in [-0.15, -0.1) is 0 Å². The molecule has 0 spiro atoms. The third-order valence-corrected chi connectivity index (χ3v) is 4.47. The molecule has 1 amide bonds. The van der Waals surface area contributed by atoms with Gasteiger partial charge < -0.3 is 19.7 Å². The number of anilines is 1. The molecule has 1 aromatic carbocycles. The lowest BCUT2D eigenvalue weighted by Gasteiger charge is -2.33. The second-order valence-electron chi connectivity index (χ2n) is 6.23. The zero-order chi connectivity index (χ0) is 18.5. The van der Waals surface area contributed by atoms with E-state index in [1.54, 1.807) is 26.6 Å². The number of rotatable bonds is 5. The van der Waals surface area contributed by atoms with Crippen LogP contribution in [0.25, 0.3) is 0 Å². The normalized spacial score (nSPS) is 17.0. The fourth-order valence-corrected chi connectivity index (χ4v) is 3.14. The van der Waals surface area contributed by atoms with Crippen molar-refractivity contribution in [1.29, 1.82) is 0 Å². The quantitative estimate of drug-likeness (QED) is 0.883. The molecule has 2 aromatic rings. The van der Waals surface area contributed by atoms with Gasteiger partial charge >= 0.3 is 0 Å². The number of carbonyl (C=O) groups excluding carboxylic acids is 1. The highest BCUT2D eigenvalue weighted by Gasteiger charge is 2.28. The van der Waals surface area contributed by atoms with Crippen molar-refractivity contribution in [3.8, 4) is 5.75 Å². The zero-order valence-corrected chi connectivity index (χ0v) is 15.4. The summed E-state index contributed by atoms with van der Waals surface area (Å²) in [5.74, 6) is 1.46. The van der Waals surface area contributed by atoms with Crippen LogP contribution >= 0.6 is 0 Å². The third-order valence-electron chi connectivity index (χ3n) is 4.47. The van der Waals surface area contributed by atoms with Gasteiger partial charge in [0.15, 0.2) is 0 Å². The van der Waals surface area contributed by atoms with E-state index >= 15 is 0 Å². The van der Waals surface area contributed by atoms with E-state index in [1.807, 2.05) is 30.0 Å². The van der Waals surface area contributed by atoms with Gasteiger partial charge in [0.25, 0.3) is 0 Å². The molecule has 1 fully saturated rings. The monoisotopic (exact) mass is 356 g/mol. The Morgan fingerprint density at radius 1 is 1.38 bits per heavy atom. The fraction of sp³-hybridized carbons (Fsp3) is 0.421. The summed E-state index contributed by atoms with van der Waals surface area (Å²) in [6.07, 6.45) is 3.28. The van der Waals surface area contributed by atoms with Crippen molar-refractivity contribution in [3.05, 3.63) is 47.4 Å². The Morgan fingerprint density at radius 2 is 2.19 bits per heavy atom. The van der Waals surface area contributed by atoms with E-state index in [2.05, 4.69) is 15.3 Å². The van der Waals surface area contributed by atoms with Crippen LogP contribution in [0.1, 0.15) is 22.9 Å². The maximum Gasteiger partial charge on any atom is 0.227 e. The molecule has 3 rings (SSSR count). The number of morpholine rings is 1. The first-order chi connectivity index (χ1) is 12.6. The number of hydrogen-bond acceptors (Lipinski definition) is 6. The van der Waals surface area contributed by atoms with Crippen molar-refractivity contribution in [2.45, 2.75) is 19.4 Å². The lowest BCUT2D eigenvalue weighted by Crippen LogP contribution is -2.43. The van der Waals surface area contributed by atoms with E-state index in [0.717, 1.165) is 22.6 Å². The topological polar surface area (TPSA) is 76.6 Å². The number of aryl methyl sites for hydroxylation is 1. The van der Waals surface area contributed by atoms with Gasteiger partial charge in [0.05, 0.1) is 26.7 Å². The van der Waals surface area contributed by atoms with Crippen molar-refractivity contribution >= 4 is 11.7 Å². The smallest absolute Gasteiger partial charge is 0.227 e. The third kappa shape index (κ3) is 3.94. The second kappa shape index (κ2) is 8.14. The maximum atomic E-state index is 12.8. The SMILES string of the molecule is CNc1nccnc1[C@H]1CN(C(=O)Cc2cc(C)ccc2OC)CCO1. The minimum absolute atomic E-state index is 0.0529. The molecule has 0 radical (unpaired) electrons. The Balaban J connectivity index is 1.73. The van der Waals surface area contributed by atoms with Gasteiger partial charge in [-0.05, 0) is 13.0 Å². The van der Waals surface area contributed by atoms with Crippen LogP contribution in [0.4, 0.5) is 5.82 Å². The van der Waals surface area contributed by atoms with E-state index in [4.69, 9.17) is 9.47 Å². The molecule has 1 aromatic heterocycles. The summed E-state index contributed by atoms with van der Waals surface area (Å²) in [7, 11) is 3.42. The molecule has 26 heavy (non-hydrogen) atoms. The second-order valence-corrected chi connectivity index (χ2v) is 6.23. The van der Waals surface area contributed by atoms with Crippen molar-refractivity contribution in [2.24, 2.45) is 0 Å². The number of ether oxygens (including phenoxy) is 2. The molecule has 1 aliphatic heterocycles. The van der Waals surface area contributed by atoms with E-state index in [0.29, 0.717) is 31.9 Å². The highest BCUT2D eigenvalue weighted by atomic mass is 16.5. The Kier molecular flexibility index (Phi) is 5.68. The molecule has 1 saturated heterocycles. The number of aromatic nitrogens is 2. The van der Waals surface area contributed by atoms with E-state index in [1.165, 1.54) is 0 Å². The maximum absolute atomic E-state index is 12.8. The zero-order valence-electron chi connectivity index (χ0n) is 15.4. The van der Waals surface area contributed by atoms with Crippen LogP contribution in [0.2, 0.25) is 0 Å². The van der Waals surface area contributed by atoms with Gasteiger partial charge in [-0.1, -0.05) is 17.7 Å². The summed E-state index contributed by atoms with van der Waals surface area (Å²) in [6.45, 7) is 3.51. The van der Waals surface area contributed by atoms with Crippen LogP contribution in [0.15, 0.2) is 30.6 Å². The first-order valence-corrected chi connectivity index (χ1v) is 8.64. The number of carbonyl (C=O) groups is 1. The van der Waals surface area contributed by atoms with Crippen LogP contribution in [-0.4, -0.2) is 54.6 Å². The molecule has 0 saturated carbocycles. The summed E-state index contributed by atoms with van der Waals surface area (Å²) in [5, 5.41) is 3.02. The summed E-state index contributed by atoms with van der Waals surface area (Å²) >= 11 is 0. The highest BCUT2D eigenvalue weighted by molar-refractivity contribution is 5.79. The van der Waals surface area contributed by atoms with Crippen LogP contribution < -0.4 is 10.1 Å². The van der Waals surface area contributed by atoms with Crippen molar-refractivity contribution in [3.63, 3.8) is 0 Å². The van der Waals surface area contributed by atoms with Gasteiger partial charge in [-0.25, -0.2) is 4.98 Å². The standard InChI is InChI=1S/C19H24N4O3/c1-13-4-5-15(25-3)14(10-13)11-17(24)23-8-9-26-16(12-23)18-19(20-2)22-7-6-21-18/h4-7,10,16H,8-9,11-12H2,1-3H3,(H,20,22)/t16-/m1/s1. The van der Waals surface area contributed by atoms with Gasteiger partial charge in [-0.2, -0.15) is 0 Å². The number of methoxy groups -OCH3 is 1. The van der Waals surface area contributed by atoms with Gasteiger partial charge in [0, 0.05) is 31.5 Å². The minimum atomic E-state index is -0.289. The van der Waals surface area contributed by atoms with E-state index in [-0.39, 0.29) is 12.0 Å². The Morgan fingerprint density at radius 3 is 2.96 bits per heavy atom. The van der Waals surface area contributed by atoms with E-state index < -0.39 is 0 Å². The number of nitrogens with one attached hydrogen (secondary N) is 1. The molecule has 138 valence electrons. The van der Waals surface area contributed by atoms with Crippen LogP contribution in [0.5, 0.6) is 5.75 Å². The Hall–Kier alpha value is -2.67. The molecular weight excluding hydrogens is 332 g/mol. The molecule has 7 nitrogen and oxygen atoms in total. The molecule has 7 heteroatoms. The highest BCUT2D eigenvalue weighted by Crippen LogP contribution is 2.26. The largest absolute Gasteiger partial charge is 0.496 e. The summed E-state index contributed by atoms with van der Waals surface area (Å²) in [6, 6.07) is 5.88. The summed E-state index contributed by atoms with van der Waals surface area (Å²) < 4.78 is 11.2. The van der Waals surface area contributed by atoms with Crippen molar-refractivity contribution in [2.75, 3.05) is 39.2 Å². The molecule has 1 N–H and O–H groups in total. The van der Waals surface area contributed by atoms with Crippen LogP contribution in [0.3, 0.4) is 0 Å². The van der Waals surface area contributed by atoms with Gasteiger partial charge in [-0.3, -0.25) is 9.78 Å². The summed E-state index contributed by atoms with van der Waals surface area (Å²) in [4.78, 5) is 23.3.